The van der Waals surface area contributed by atoms with E-state index in [0.717, 1.165) is 18.4 Å². The summed E-state index contributed by atoms with van der Waals surface area (Å²) in [5.41, 5.74) is 2.14. The summed E-state index contributed by atoms with van der Waals surface area (Å²) in [5, 5.41) is 2.74. The Morgan fingerprint density at radius 3 is 2.62 bits per heavy atom. The maximum Gasteiger partial charge on any atom is 0.420 e. The Bertz CT molecular complexity index is 1240. The molecule has 0 atom stereocenters. The lowest BCUT2D eigenvalue weighted by atomic mass is 10.2. The molecule has 0 radical (unpaired) electrons. The number of sulfonamides is 1. The lowest BCUT2D eigenvalue weighted by molar-refractivity contribution is -0.116. The highest BCUT2D eigenvalue weighted by Gasteiger charge is 2.28. The minimum absolute atomic E-state index is 0.0806. The maximum absolute atomic E-state index is 12.7. The number of benzene rings is 2. The molecule has 0 saturated carbocycles. The predicted octanol–water partition coefficient (Wildman–Crippen LogP) is 2.33. The van der Waals surface area contributed by atoms with Gasteiger partial charge in [0.15, 0.2) is 5.58 Å². The molecule has 0 unspecified atom stereocenters. The van der Waals surface area contributed by atoms with Gasteiger partial charge >= 0.3 is 5.76 Å². The number of nitrogens with zero attached hydrogens (tertiary/aromatic N) is 2. The molecule has 0 aliphatic carbocycles. The number of aromatic nitrogens is 1. The van der Waals surface area contributed by atoms with E-state index in [1.807, 2.05) is 25.1 Å². The van der Waals surface area contributed by atoms with Gasteiger partial charge in [-0.25, -0.2) is 13.2 Å². The summed E-state index contributed by atoms with van der Waals surface area (Å²) in [4.78, 5) is 24.7. The van der Waals surface area contributed by atoms with E-state index < -0.39 is 15.8 Å². The van der Waals surface area contributed by atoms with Gasteiger partial charge < -0.3 is 9.73 Å². The number of hydrogen-bond donors (Lipinski definition) is 1. The van der Waals surface area contributed by atoms with Crippen LogP contribution >= 0.6 is 0 Å². The quantitative estimate of drug-likeness (QED) is 0.689. The fourth-order valence-electron chi connectivity index (χ4n) is 3.50. The molecule has 3 aromatic rings. The number of carbonyl (C=O) groups is 1. The average Bonchev–Trinajstić information content (AvgIpc) is 3.30. The molecule has 0 bridgehead atoms. The highest BCUT2D eigenvalue weighted by atomic mass is 32.2. The predicted molar refractivity (Wildman–Crippen MR) is 108 cm³/mol. The normalized spacial score (nSPS) is 15.1. The highest BCUT2D eigenvalue weighted by molar-refractivity contribution is 7.89. The van der Waals surface area contributed by atoms with Crippen molar-refractivity contribution in [1.29, 1.82) is 0 Å². The molecule has 29 heavy (non-hydrogen) atoms. The molecule has 1 N–H and O–H groups in total. The number of anilines is 1. The van der Waals surface area contributed by atoms with E-state index in [1.54, 1.807) is 6.07 Å². The van der Waals surface area contributed by atoms with Crippen LogP contribution in [0.1, 0.15) is 18.4 Å². The molecule has 1 aromatic heterocycles. The van der Waals surface area contributed by atoms with Crippen LogP contribution < -0.4 is 11.1 Å². The van der Waals surface area contributed by atoms with Crippen molar-refractivity contribution in [3.63, 3.8) is 0 Å². The number of carbonyl (C=O) groups excluding carboxylic acids is 1. The van der Waals surface area contributed by atoms with Crippen molar-refractivity contribution in [3.8, 4) is 0 Å². The van der Waals surface area contributed by atoms with E-state index in [2.05, 4.69) is 5.32 Å². The molecule has 1 amide bonds. The van der Waals surface area contributed by atoms with Crippen LogP contribution in [0.5, 0.6) is 0 Å². The zero-order valence-electron chi connectivity index (χ0n) is 15.9. The summed E-state index contributed by atoms with van der Waals surface area (Å²) in [5.74, 6) is -1.09. The second-order valence-electron chi connectivity index (χ2n) is 7.11. The van der Waals surface area contributed by atoms with Crippen LogP contribution in [0.3, 0.4) is 0 Å². The Morgan fingerprint density at radius 2 is 1.90 bits per heavy atom. The van der Waals surface area contributed by atoms with Gasteiger partial charge in [0.25, 0.3) is 0 Å². The number of rotatable bonds is 5. The Kier molecular flexibility index (Phi) is 5.01. The van der Waals surface area contributed by atoms with Crippen LogP contribution in [-0.2, 0) is 21.4 Å². The number of aryl methyl sites for hydroxylation is 1. The first-order valence-corrected chi connectivity index (χ1v) is 10.8. The molecular weight excluding hydrogens is 394 g/mol. The molecule has 1 aliphatic heterocycles. The first-order chi connectivity index (χ1) is 13.8. The minimum atomic E-state index is -3.62. The second kappa shape index (κ2) is 7.49. The summed E-state index contributed by atoms with van der Waals surface area (Å²) in [7, 11) is -3.62. The number of hydrogen-bond acceptors (Lipinski definition) is 5. The van der Waals surface area contributed by atoms with Gasteiger partial charge in [0.05, 0.1) is 10.4 Å². The number of amides is 1. The lowest BCUT2D eigenvalue weighted by Crippen LogP contribution is -2.27. The summed E-state index contributed by atoms with van der Waals surface area (Å²) < 4.78 is 33.3. The van der Waals surface area contributed by atoms with Crippen molar-refractivity contribution in [2.24, 2.45) is 0 Å². The SMILES string of the molecule is Cc1cccc(NC(=O)Cn2c(=O)oc3cc(S(=O)(=O)N4CCCC4)ccc32)c1. The molecule has 9 heteroatoms. The Labute approximate surface area is 167 Å². The van der Waals surface area contributed by atoms with Gasteiger partial charge in [0.2, 0.25) is 15.9 Å². The van der Waals surface area contributed by atoms with E-state index in [1.165, 1.54) is 27.1 Å². The van der Waals surface area contributed by atoms with Crippen LogP contribution in [-0.4, -0.2) is 36.3 Å². The third kappa shape index (κ3) is 3.83. The lowest BCUT2D eigenvalue weighted by Gasteiger charge is -2.15. The van der Waals surface area contributed by atoms with Gasteiger partial charge in [-0.3, -0.25) is 9.36 Å². The fraction of sp³-hybridized carbons (Fsp3) is 0.300. The molecule has 1 saturated heterocycles. The van der Waals surface area contributed by atoms with E-state index >= 15 is 0 Å². The number of oxazole rings is 1. The van der Waals surface area contributed by atoms with Crippen molar-refractivity contribution in [2.45, 2.75) is 31.2 Å². The fourth-order valence-corrected chi connectivity index (χ4v) is 5.03. The maximum atomic E-state index is 12.7. The molecule has 8 nitrogen and oxygen atoms in total. The summed E-state index contributed by atoms with van der Waals surface area (Å²) in [6.45, 7) is 2.66. The topological polar surface area (TPSA) is 102 Å². The number of nitrogens with one attached hydrogen (secondary N) is 1. The Morgan fingerprint density at radius 1 is 1.14 bits per heavy atom. The second-order valence-corrected chi connectivity index (χ2v) is 9.05. The van der Waals surface area contributed by atoms with E-state index in [4.69, 9.17) is 4.42 Å². The van der Waals surface area contributed by atoms with Gasteiger partial charge in [-0.1, -0.05) is 12.1 Å². The van der Waals surface area contributed by atoms with Crippen LogP contribution in [0.4, 0.5) is 5.69 Å². The standard InChI is InChI=1S/C20H21N3O5S/c1-14-5-4-6-15(11-14)21-19(24)13-23-17-8-7-16(12-18(17)28-20(23)25)29(26,27)22-9-2-3-10-22/h4-8,11-12H,2-3,9-10,13H2,1H3,(H,21,24). The molecule has 1 fully saturated rings. The third-order valence-corrected chi connectivity index (χ3v) is 6.84. The van der Waals surface area contributed by atoms with E-state index in [0.29, 0.717) is 24.3 Å². The monoisotopic (exact) mass is 415 g/mol. The molecule has 4 rings (SSSR count). The van der Waals surface area contributed by atoms with Crippen LogP contribution in [0, 0.1) is 6.92 Å². The van der Waals surface area contributed by atoms with Crippen molar-refractivity contribution < 1.29 is 17.6 Å². The van der Waals surface area contributed by atoms with Crippen molar-refractivity contribution >= 4 is 32.7 Å². The summed E-state index contributed by atoms with van der Waals surface area (Å²) in [6, 6.07) is 11.6. The zero-order valence-corrected chi connectivity index (χ0v) is 16.7. The van der Waals surface area contributed by atoms with Crippen molar-refractivity contribution in [2.75, 3.05) is 18.4 Å². The highest BCUT2D eigenvalue weighted by Crippen LogP contribution is 2.24. The van der Waals surface area contributed by atoms with Crippen LogP contribution in [0.2, 0.25) is 0 Å². The molecule has 0 spiro atoms. The van der Waals surface area contributed by atoms with Crippen LogP contribution in [0.15, 0.2) is 56.6 Å². The molecule has 1 aliphatic rings. The summed E-state index contributed by atoms with van der Waals surface area (Å²) in [6.07, 6.45) is 1.67. The smallest absolute Gasteiger partial charge is 0.408 e. The van der Waals surface area contributed by atoms with Crippen LogP contribution in [0.25, 0.3) is 11.1 Å². The van der Waals surface area contributed by atoms with Gasteiger partial charge in [0, 0.05) is 24.8 Å². The van der Waals surface area contributed by atoms with Gasteiger partial charge in [-0.2, -0.15) is 4.31 Å². The van der Waals surface area contributed by atoms with E-state index in [-0.39, 0.29) is 22.9 Å². The molecule has 2 aromatic carbocycles. The molecule has 152 valence electrons. The molecule has 2 heterocycles. The average molecular weight is 415 g/mol. The minimum Gasteiger partial charge on any atom is -0.408 e. The summed E-state index contributed by atoms with van der Waals surface area (Å²) >= 11 is 0. The largest absolute Gasteiger partial charge is 0.420 e. The van der Waals surface area contributed by atoms with E-state index in [9.17, 15) is 18.0 Å². The van der Waals surface area contributed by atoms with Gasteiger partial charge in [0.1, 0.15) is 6.54 Å². The first kappa shape index (κ1) is 19.4. The van der Waals surface area contributed by atoms with Crippen molar-refractivity contribution in [1.82, 2.24) is 8.87 Å². The first-order valence-electron chi connectivity index (χ1n) is 9.35. The van der Waals surface area contributed by atoms with Gasteiger partial charge in [-0.15, -0.1) is 0 Å². The molecular formula is C20H21N3O5S. The number of fused-ring (bicyclic) bond motifs is 1. The zero-order chi connectivity index (χ0) is 20.6. The Balaban J connectivity index is 1.60. The Hall–Kier alpha value is -2.91. The third-order valence-electron chi connectivity index (χ3n) is 4.95. The van der Waals surface area contributed by atoms with Crippen molar-refractivity contribution in [3.05, 3.63) is 58.6 Å². The van der Waals surface area contributed by atoms with Gasteiger partial charge in [-0.05, 0) is 49.6 Å².